The van der Waals surface area contributed by atoms with Gasteiger partial charge in [-0.05, 0) is 55.5 Å². The van der Waals surface area contributed by atoms with E-state index >= 15 is 0 Å². The molecule has 7 heteroatoms. The van der Waals surface area contributed by atoms with Gasteiger partial charge in [-0.2, -0.15) is 0 Å². The first kappa shape index (κ1) is 19.9. The van der Waals surface area contributed by atoms with Crippen molar-refractivity contribution in [2.75, 3.05) is 27.7 Å². The summed E-state index contributed by atoms with van der Waals surface area (Å²) in [6, 6.07) is 7.13. The van der Waals surface area contributed by atoms with Crippen molar-refractivity contribution < 1.29 is 9.64 Å². The molecule has 0 saturated heterocycles. The number of benzene rings is 1. The van der Waals surface area contributed by atoms with Gasteiger partial charge in [-0.3, -0.25) is 9.36 Å². The second kappa shape index (κ2) is 8.16. The number of aromatic nitrogens is 2. The van der Waals surface area contributed by atoms with Crippen LogP contribution in [0.4, 0.5) is 0 Å². The van der Waals surface area contributed by atoms with Crippen molar-refractivity contribution in [3.63, 3.8) is 0 Å². The number of nitrogens with zero attached hydrogens (tertiary/aromatic N) is 2. The zero-order chi connectivity index (χ0) is 20.5. The predicted octanol–water partition coefficient (Wildman–Crippen LogP) is 1.64. The molecule has 3 aromatic rings. The van der Waals surface area contributed by atoms with Gasteiger partial charge in [0.25, 0.3) is 5.56 Å². The van der Waals surface area contributed by atoms with E-state index in [-0.39, 0.29) is 11.2 Å². The minimum absolute atomic E-state index is 0.192. The quantitative estimate of drug-likeness (QED) is 0.646. The van der Waals surface area contributed by atoms with Gasteiger partial charge in [0.05, 0.1) is 45.4 Å². The number of quaternary nitrogens is 1. The van der Waals surface area contributed by atoms with Crippen LogP contribution in [0.25, 0.3) is 15.9 Å². The average Bonchev–Trinajstić information content (AvgIpc) is 2.91. The molecule has 0 fully saturated rings. The van der Waals surface area contributed by atoms with Crippen LogP contribution in [0.2, 0.25) is 0 Å². The van der Waals surface area contributed by atoms with Gasteiger partial charge in [0, 0.05) is 4.88 Å². The van der Waals surface area contributed by atoms with Crippen molar-refractivity contribution in [3.05, 3.63) is 55.5 Å². The van der Waals surface area contributed by atoms with Crippen molar-refractivity contribution in [2.24, 2.45) is 0 Å². The molecule has 1 N–H and O–H groups in total. The Labute approximate surface area is 174 Å². The fourth-order valence-electron chi connectivity index (χ4n) is 4.04. The predicted molar refractivity (Wildman–Crippen MR) is 117 cm³/mol. The minimum Gasteiger partial charge on any atom is -0.497 e. The lowest BCUT2D eigenvalue weighted by Gasteiger charge is -2.14. The molecule has 4 rings (SSSR count). The van der Waals surface area contributed by atoms with E-state index in [1.54, 1.807) is 42.7 Å². The van der Waals surface area contributed by atoms with Crippen molar-refractivity contribution in [1.82, 2.24) is 9.13 Å². The van der Waals surface area contributed by atoms with Crippen LogP contribution in [0, 0.1) is 0 Å². The SMILES string of the molecule is COc1ccc(-n2c(=O)c3c4c(sc3n(CC[NH+](C)C)c2=O)CCCCC4)cc1. The number of nitrogens with one attached hydrogen (secondary N) is 1. The molecular weight excluding hydrogens is 386 g/mol. The van der Waals surface area contributed by atoms with Crippen LogP contribution in [0.5, 0.6) is 5.75 Å². The Hall–Kier alpha value is -2.38. The zero-order valence-corrected chi connectivity index (χ0v) is 18.1. The molecule has 0 unspecified atom stereocenters. The highest BCUT2D eigenvalue weighted by atomic mass is 32.1. The van der Waals surface area contributed by atoms with Gasteiger partial charge in [-0.15, -0.1) is 11.3 Å². The third-order valence-corrected chi connectivity index (χ3v) is 6.97. The Morgan fingerprint density at radius 3 is 2.48 bits per heavy atom. The zero-order valence-electron chi connectivity index (χ0n) is 17.3. The van der Waals surface area contributed by atoms with Gasteiger partial charge >= 0.3 is 5.69 Å². The first-order valence-corrected chi connectivity index (χ1v) is 11.1. The number of hydrogen-bond acceptors (Lipinski definition) is 4. The largest absolute Gasteiger partial charge is 0.497 e. The second-order valence-electron chi connectivity index (χ2n) is 7.97. The summed E-state index contributed by atoms with van der Waals surface area (Å²) >= 11 is 1.65. The molecule has 2 aromatic heterocycles. The summed E-state index contributed by atoms with van der Waals surface area (Å²) in [5.74, 6) is 0.698. The van der Waals surface area contributed by atoms with E-state index in [1.807, 2.05) is 4.57 Å². The lowest BCUT2D eigenvalue weighted by atomic mass is 10.1. The lowest BCUT2D eigenvalue weighted by Crippen LogP contribution is -3.06. The maximum Gasteiger partial charge on any atom is 0.336 e. The summed E-state index contributed by atoms with van der Waals surface area (Å²) in [6.45, 7) is 1.41. The number of methoxy groups -OCH3 is 1. The monoisotopic (exact) mass is 414 g/mol. The molecule has 2 heterocycles. The van der Waals surface area contributed by atoms with E-state index < -0.39 is 0 Å². The molecule has 0 aliphatic heterocycles. The fraction of sp³-hybridized carbons (Fsp3) is 0.455. The summed E-state index contributed by atoms with van der Waals surface area (Å²) in [5.41, 5.74) is 1.30. The number of thiophene rings is 1. The number of fused-ring (bicyclic) bond motifs is 3. The molecule has 1 aliphatic rings. The molecular formula is C22H28N3O3S+. The molecule has 1 aliphatic carbocycles. The Kier molecular flexibility index (Phi) is 5.61. The van der Waals surface area contributed by atoms with Crippen LogP contribution in [0.3, 0.4) is 0 Å². The van der Waals surface area contributed by atoms with Crippen LogP contribution >= 0.6 is 11.3 Å². The molecule has 29 heavy (non-hydrogen) atoms. The fourth-order valence-corrected chi connectivity index (χ4v) is 5.44. The lowest BCUT2D eigenvalue weighted by molar-refractivity contribution is -0.858. The summed E-state index contributed by atoms with van der Waals surface area (Å²) in [4.78, 5) is 30.4. The molecule has 0 amide bonds. The normalized spacial score (nSPS) is 14.2. The highest BCUT2D eigenvalue weighted by Crippen LogP contribution is 2.33. The topological polar surface area (TPSA) is 57.7 Å². The maximum atomic E-state index is 13.6. The summed E-state index contributed by atoms with van der Waals surface area (Å²) in [7, 11) is 5.75. The number of aryl methyl sites for hydroxylation is 2. The highest BCUT2D eigenvalue weighted by molar-refractivity contribution is 7.18. The first-order valence-electron chi connectivity index (χ1n) is 10.2. The van der Waals surface area contributed by atoms with Crippen molar-refractivity contribution >= 4 is 21.6 Å². The van der Waals surface area contributed by atoms with Crippen molar-refractivity contribution in [3.8, 4) is 11.4 Å². The molecule has 6 nitrogen and oxygen atoms in total. The van der Waals surface area contributed by atoms with Crippen LogP contribution in [0.15, 0.2) is 33.9 Å². The van der Waals surface area contributed by atoms with Gasteiger partial charge in [-0.25, -0.2) is 9.36 Å². The van der Waals surface area contributed by atoms with Gasteiger partial charge in [0.2, 0.25) is 0 Å². The van der Waals surface area contributed by atoms with Crippen LogP contribution in [-0.4, -0.2) is 36.9 Å². The summed E-state index contributed by atoms with van der Waals surface area (Å²) in [6.07, 6.45) is 5.37. The first-order chi connectivity index (χ1) is 14.0. The molecule has 1 aromatic carbocycles. The van der Waals surface area contributed by atoms with Crippen LogP contribution in [-0.2, 0) is 19.4 Å². The molecule has 0 atom stereocenters. The van der Waals surface area contributed by atoms with E-state index in [2.05, 4.69) is 14.1 Å². The average molecular weight is 415 g/mol. The molecule has 0 saturated carbocycles. The Morgan fingerprint density at radius 2 is 1.79 bits per heavy atom. The van der Waals surface area contributed by atoms with Crippen LogP contribution < -0.4 is 20.9 Å². The standard InChI is InChI=1S/C22H27N3O3S/c1-23(2)13-14-24-21-19(17-7-5-4-6-8-18(17)29-21)20(26)25(22(24)27)15-9-11-16(28-3)12-10-15/h9-12H,4-8,13-14H2,1-3H3/p+1. The Balaban J connectivity index is 2.00. The van der Waals surface area contributed by atoms with E-state index in [4.69, 9.17) is 4.74 Å². The van der Waals surface area contributed by atoms with Crippen molar-refractivity contribution in [1.29, 1.82) is 0 Å². The van der Waals surface area contributed by atoms with E-state index in [0.717, 1.165) is 42.4 Å². The van der Waals surface area contributed by atoms with E-state index in [0.29, 0.717) is 18.0 Å². The van der Waals surface area contributed by atoms with Crippen molar-refractivity contribution in [2.45, 2.75) is 38.6 Å². The summed E-state index contributed by atoms with van der Waals surface area (Å²) in [5, 5.41) is 0.746. The number of hydrogen-bond donors (Lipinski definition) is 1. The third kappa shape index (κ3) is 3.65. The Morgan fingerprint density at radius 1 is 1.07 bits per heavy atom. The van der Waals surface area contributed by atoms with Crippen LogP contribution in [0.1, 0.15) is 29.7 Å². The summed E-state index contributed by atoms with van der Waals surface area (Å²) < 4.78 is 8.38. The number of likely N-dealkylation sites (N-methyl/N-ethyl adjacent to an activating group) is 1. The number of rotatable bonds is 5. The minimum atomic E-state index is -0.259. The highest BCUT2D eigenvalue weighted by Gasteiger charge is 2.23. The van der Waals surface area contributed by atoms with Gasteiger partial charge in [0.1, 0.15) is 10.6 Å². The smallest absolute Gasteiger partial charge is 0.336 e. The third-order valence-electron chi connectivity index (χ3n) is 5.65. The molecule has 154 valence electrons. The second-order valence-corrected chi connectivity index (χ2v) is 9.06. The number of ether oxygens (including phenoxy) is 1. The van der Waals surface area contributed by atoms with E-state index in [9.17, 15) is 9.59 Å². The molecule has 0 bridgehead atoms. The van der Waals surface area contributed by atoms with Gasteiger partial charge < -0.3 is 9.64 Å². The van der Waals surface area contributed by atoms with Gasteiger partial charge in [-0.1, -0.05) is 6.42 Å². The molecule has 0 radical (unpaired) electrons. The molecule has 0 spiro atoms. The maximum absolute atomic E-state index is 13.6. The van der Waals surface area contributed by atoms with E-state index in [1.165, 1.54) is 26.3 Å². The van der Waals surface area contributed by atoms with Gasteiger partial charge in [0.15, 0.2) is 0 Å². The Bertz CT molecular complexity index is 1140.